The highest BCUT2D eigenvalue weighted by molar-refractivity contribution is 6.28. The van der Waals surface area contributed by atoms with Crippen molar-refractivity contribution in [2.75, 3.05) is 0 Å². The molecule has 0 bridgehead atoms. The summed E-state index contributed by atoms with van der Waals surface area (Å²) in [6, 6.07) is 9.78. The van der Waals surface area contributed by atoms with Crippen LogP contribution in [0.1, 0.15) is 5.82 Å². The van der Waals surface area contributed by atoms with E-state index in [0.29, 0.717) is 5.28 Å². The van der Waals surface area contributed by atoms with E-state index in [1.165, 1.54) is 0 Å². The highest BCUT2D eigenvalue weighted by Crippen LogP contribution is 2.15. The molecule has 1 aromatic carbocycles. The lowest BCUT2D eigenvalue weighted by Crippen LogP contribution is -1.96. The van der Waals surface area contributed by atoms with Crippen molar-refractivity contribution in [3.05, 3.63) is 41.4 Å². The topological polar surface area (TPSA) is 30.7 Å². The quantitative estimate of drug-likeness (QED) is 0.696. The fourth-order valence-corrected chi connectivity index (χ4v) is 1.46. The first-order chi connectivity index (χ1) is 6.29. The van der Waals surface area contributed by atoms with Gasteiger partial charge in [-0.1, -0.05) is 18.2 Å². The second-order valence-electron chi connectivity index (χ2n) is 2.69. The number of para-hydroxylation sites is 1. The molecule has 0 aliphatic carbocycles. The minimum absolute atomic E-state index is 0.392. The van der Waals surface area contributed by atoms with E-state index < -0.39 is 0 Å². The molecule has 1 aromatic heterocycles. The zero-order valence-electron chi connectivity index (χ0n) is 7.11. The van der Waals surface area contributed by atoms with Gasteiger partial charge < -0.3 is 0 Å². The highest BCUT2D eigenvalue weighted by Gasteiger charge is 2.06. The molecule has 3 nitrogen and oxygen atoms in total. The van der Waals surface area contributed by atoms with Crippen molar-refractivity contribution in [2.24, 2.45) is 0 Å². The van der Waals surface area contributed by atoms with Crippen LogP contribution in [0, 0.1) is 6.92 Å². The van der Waals surface area contributed by atoms with E-state index in [2.05, 4.69) is 10.2 Å². The lowest BCUT2D eigenvalue weighted by Gasteiger charge is -2.03. The molecule has 13 heavy (non-hydrogen) atoms. The van der Waals surface area contributed by atoms with Crippen LogP contribution in [0.3, 0.4) is 0 Å². The van der Waals surface area contributed by atoms with Gasteiger partial charge in [0.25, 0.3) is 0 Å². The van der Waals surface area contributed by atoms with Crippen LogP contribution < -0.4 is 0 Å². The van der Waals surface area contributed by atoms with Crippen LogP contribution in [0.4, 0.5) is 0 Å². The summed E-state index contributed by atoms with van der Waals surface area (Å²) in [6.07, 6.45) is 0. The Hall–Kier alpha value is -1.35. The van der Waals surface area contributed by atoms with Gasteiger partial charge in [0.2, 0.25) is 5.28 Å². The molecule has 0 amide bonds. The Morgan fingerprint density at radius 1 is 1.15 bits per heavy atom. The summed E-state index contributed by atoms with van der Waals surface area (Å²) in [5.74, 6) is 0.788. The summed E-state index contributed by atoms with van der Waals surface area (Å²) in [5, 5.41) is 8.04. The van der Waals surface area contributed by atoms with Crippen molar-refractivity contribution in [2.45, 2.75) is 6.92 Å². The van der Waals surface area contributed by atoms with Crippen molar-refractivity contribution < 1.29 is 0 Å². The summed E-state index contributed by atoms with van der Waals surface area (Å²) in [7, 11) is 0. The normalized spacial score (nSPS) is 10.3. The molecule has 66 valence electrons. The minimum atomic E-state index is 0.392. The smallest absolute Gasteiger partial charge is 0.229 e. The SMILES string of the molecule is Cc1nnc(Cl)n1-c1ccccc1. The van der Waals surface area contributed by atoms with Crippen LogP contribution in [0.2, 0.25) is 5.28 Å². The summed E-state index contributed by atoms with van der Waals surface area (Å²) >= 11 is 5.87. The third-order valence-electron chi connectivity index (χ3n) is 1.80. The standard InChI is InChI=1S/C9H8ClN3/c1-7-11-12-9(10)13(7)8-5-3-2-4-6-8/h2-6H,1H3. The predicted octanol–water partition coefficient (Wildman–Crippen LogP) is 2.23. The molecule has 0 saturated carbocycles. The molecule has 4 heteroatoms. The third kappa shape index (κ3) is 1.42. The van der Waals surface area contributed by atoms with Gasteiger partial charge in [-0.2, -0.15) is 0 Å². The van der Waals surface area contributed by atoms with Crippen LogP contribution in [-0.4, -0.2) is 14.8 Å². The summed E-state index contributed by atoms with van der Waals surface area (Å²) in [6.45, 7) is 1.87. The lowest BCUT2D eigenvalue weighted by molar-refractivity contribution is 0.970. The number of nitrogens with zero attached hydrogens (tertiary/aromatic N) is 3. The monoisotopic (exact) mass is 193 g/mol. The fraction of sp³-hybridized carbons (Fsp3) is 0.111. The Balaban J connectivity index is 2.59. The van der Waals surface area contributed by atoms with Gasteiger partial charge >= 0.3 is 0 Å². The summed E-state index contributed by atoms with van der Waals surface area (Å²) in [5.41, 5.74) is 0.981. The zero-order valence-corrected chi connectivity index (χ0v) is 7.86. The van der Waals surface area contributed by atoms with Gasteiger partial charge in [0, 0.05) is 5.69 Å². The van der Waals surface area contributed by atoms with Crippen LogP contribution in [-0.2, 0) is 0 Å². The first kappa shape index (κ1) is 8.26. The van der Waals surface area contributed by atoms with Gasteiger partial charge in [-0.05, 0) is 30.7 Å². The molecule has 0 aliphatic rings. The minimum Gasteiger partial charge on any atom is -0.270 e. The van der Waals surface area contributed by atoms with E-state index in [-0.39, 0.29) is 0 Å². The van der Waals surface area contributed by atoms with E-state index >= 15 is 0 Å². The Kier molecular flexibility index (Phi) is 2.02. The largest absolute Gasteiger partial charge is 0.270 e. The van der Waals surface area contributed by atoms with Gasteiger partial charge in [0.1, 0.15) is 5.82 Å². The molecule has 0 radical (unpaired) electrons. The summed E-state index contributed by atoms with van der Waals surface area (Å²) in [4.78, 5) is 0. The predicted molar refractivity (Wildman–Crippen MR) is 51.1 cm³/mol. The molecule has 0 aliphatic heterocycles. The molecule has 0 spiro atoms. The zero-order chi connectivity index (χ0) is 9.26. The average molecular weight is 194 g/mol. The van der Waals surface area contributed by atoms with Crippen LogP contribution in [0.5, 0.6) is 0 Å². The van der Waals surface area contributed by atoms with E-state index in [1.807, 2.05) is 37.3 Å². The number of hydrogen-bond acceptors (Lipinski definition) is 2. The maximum atomic E-state index is 5.87. The first-order valence-corrected chi connectivity index (χ1v) is 4.30. The number of aromatic nitrogens is 3. The molecule has 0 saturated heterocycles. The second-order valence-corrected chi connectivity index (χ2v) is 3.03. The van der Waals surface area contributed by atoms with Crippen molar-refractivity contribution in [1.29, 1.82) is 0 Å². The Labute approximate surface area is 81.0 Å². The Morgan fingerprint density at radius 2 is 1.85 bits per heavy atom. The highest BCUT2D eigenvalue weighted by atomic mass is 35.5. The van der Waals surface area contributed by atoms with E-state index in [9.17, 15) is 0 Å². The van der Waals surface area contributed by atoms with Gasteiger partial charge in [0.15, 0.2) is 0 Å². The van der Waals surface area contributed by atoms with E-state index in [0.717, 1.165) is 11.5 Å². The van der Waals surface area contributed by atoms with Crippen LogP contribution >= 0.6 is 11.6 Å². The van der Waals surface area contributed by atoms with E-state index in [4.69, 9.17) is 11.6 Å². The number of halogens is 1. The lowest BCUT2D eigenvalue weighted by atomic mass is 10.3. The van der Waals surface area contributed by atoms with Crippen molar-refractivity contribution >= 4 is 11.6 Å². The number of rotatable bonds is 1. The Bertz CT molecular complexity index is 389. The second kappa shape index (κ2) is 3.18. The van der Waals surface area contributed by atoms with Crippen LogP contribution in [0.25, 0.3) is 5.69 Å². The van der Waals surface area contributed by atoms with E-state index in [1.54, 1.807) is 4.57 Å². The Morgan fingerprint density at radius 3 is 2.38 bits per heavy atom. The number of benzene rings is 1. The maximum Gasteiger partial charge on any atom is 0.229 e. The molecule has 2 rings (SSSR count). The molecule has 0 fully saturated rings. The van der Waals surface area contributed by atoms with Crippen molar-refractivity contribution in [3.8, 4) is 5.69 Å². The van der Waals surface area contributed by atoms with Gasteiger partial charge in [-0.3, -0.25) is 4.57 Å². The fourth-order valence-electron chi connectivity index (χ4n) is 1.21. The molecule has 2 aromatic rings. The molecule has 0 N–H and O–H groups in total. The maximum absolute atomic E-state index is 5.87. The van der Waals surface area contributed by atoms with Gasteiger partial charge in [0.05, 0.1) is 0 Å². The number of hydrogen-bond donors (Lipinski definition) is 0. The van der Waals surface area contributed by atoms with Crippen LogP contribution in [0.15, 0.2) is 30.3 Å². The number of aryl methyl sites for hydroxylation is 1. The molecular formula is C9H8ClN3. The molecule has 1 heterocycles. The third-order valence-corrected chi connectivity index (χ3v) is 2.04. The first-order valence-electron chi connectivity index (χ1n) is 3.92. The molecule has 0 unspecified atom stereocenters. The van der Waals surface area contributed by atoms with Gasteiger partial charge in [-0.15, -0.1) is 10.2 Å². The van der Waals surface area contributed by atoms with Crippen molar-refractivity contribution in [1.82, 2.24) is 14.8 Å². The average Bonchev–Trinajstić information content (AvgIpc) is 2.48. The molecule has 0 atom stereocenters. The molecular weight excluding hydrogens is 186 g/mol. The van der Waals surface area contributed by atoms with Crippen molar-refractivity contribution in [3.63, 3.8) is 0 Å². The summed E-state index contributed by atoms with van der Waals surface area (Å²) < 4.78 is 1.79. The van der Waals surface area contributed by atoms with Gasteiger partial charge in [-0.25, -0.2) is 0 Å².